The molecule has 0 aromatic carbocycles. The molecule has 29 heteroatoms. The number of carbonyl (C=O) groups excluding carboxylic acids is 14. The van der Waals surface area contributed by atoms with E-state index in [9.17, 15) is 82.4 Å². The van der Waals surface area contributed by atoms with Gasteiger partial charge in [-0.05, 0) is 235 Å². The van der Waals surface area contributed by atoms with Crippen LogP contribution in [0.1, 0.15) is 459 Å². The fourth-order valence-corrected chi connectivity index (χ4v) is 14.9. The fourth-order valence-electron chi connectivity index (χ4n) is 14.9. The Hall–Kier alpha value is -7.96. The summed E-state index contributed by atoms with van der Waals surface area (Å²) in [6.45, 7) is 28.2. The maximum absolute atomic E-state index is 11.7. The van der Waals surface area contributed by atoms with Crippen molar-refractivity contribution in [3.63, 3.8) is 0 Å². The van der Waals surface area contributed by atoms with Crippen LogP contribution in [0.5, 0.6) is 0 Å². The van der Waals surface area contributed by atoms with Gasteiger partial charge in [0, 0.05) is 83.5 Å². The molecule has 138 heavy (non-hydrogen) atoms. The van der Waals surface area contributed by atoms with Crippen molar-refractivity contribution in [1.82, 2.24) is 0 Å². The number of furan rings is 2. The molecule has 10 unspecified atom stereocenters. The van der Waals surface area contributed by atoms with Gasteiger partial charge in [-0.3, -0.25) is 52.7 Å². The van der Waals surface area contributed by atoms with Crippen LogP contribution in [0, 0.1) is 0 Å². The third-order valence-electron chi connectivity index (χ3n) is 22.9. The number of aldehydes is 1. The molecule has 29 nitrogen and oxygen atoms in total. The van der Waals surface area contributed by atoms with Gasteiger partial charge in [0.1, 0.15) is 46.5 Å². The predicted octanol–water partition coefficient (Wildman–Crippen LogP) is 22.5. The molecule has 0 spiro atoms. The van der Waals surface area contributed by atoms with Gasteiger partial charge in [-0.1, -0.05) is 149 Å². The Labute approximate surface area is 828 Å². The monoisotopic (exact) mass is 1960 g/mol. The number of methoxy groups -OCH3 is 1. The molecule has 2 aromatic rings. The number of cyclic esters (lactones) is 1. The van der Waals surface area contributed by atoms with Gasteiger partial charge in [0.25, 0.3) is 0 Å². The molecular weight excluding hydrogens is 1770 g/mol. The van der Waals surface area contributed by atoms with E-state index in [1.54, 1.807) is 60.6 Å². The normalized spacial score (nSPS) is 17.0. The van der Waals surface area contributed by atoms with Gasteiger partial charge in [0.2, 0.25) is 0 Å². The van der Waals surface area contributed by atoms with Crippen molar-refractivity contribution in [2.45, 2.75) is 511 Å². The number of allylic oxidation sites excluding steroid dienone is 1. The number of esters is 7. The summed E-state index contributed by atoms with van der Waals surface area (Å²) in [5, 5.41) is 28.4. The molecule has 0 saturated carbocycles. The molecule has 0 radical (unpaired) electrons. The lowest BCUT2D eigenvalue weighted by Gasteiger charge is -2.16. The number of Topliss-reactive ketones (excluding diaryl/α,β-unsaturated/α-hetero) is 5. The number of hydrogen-bond acceptors (Lipinski definition) is 29. The van der Waals surface area contributed by atoms with Crippen molar-refractivity contribution in [2.24, 2.45) is 0 Å². The number of unbranched alkanes of at least 4 members (excludes halogenated alkanes) is 20. The molecule has 2 aromatic heterocycles. The molecule has 0 bridgehead atoms. The summed E-state index contributed by atoms with van der Waals surface area (Å²) >= 11 is 0. The standard InChI is InChI=1S/C16H30O5.C16H26O5.C16H22O5.C16H32O2.C15H30O2.C14H24O4.C7H12O3.C5H4O2.C4H6O/c3*1-3-20-16(19)11-6-13(18)5-8-15-10-9-14(21-15)7-4-12(2)17;1-3-5-6-7-8-9-10-11-12-13-14-15-16(17)18-4-2;1-3-4-5-6-7-8-9-10-11-12-13-14-15(16)17-2;1-10(15)2-3-11-4-5-12(17-11)6-7-13-8-9-14(16)18-13;1-3-10-7(9)5-4-6(2)8;6-4-5-2-1-3-7-5;1-3-4(2)5/h12-15,17-18H,3-11H2,1-2H3;14-15H,3-11H2,1-2H3;9-10H,3-8,11H2,1-2H3;3-15H2,1-2H3;3-14H2,1-2H3;10-13,15H,2-9H2,1H3;3-5H2,1-2H3;1-4H;3H,1H2,2H3. The van der Waals surface area contributed by atoms with Gasteiger partial charge in [0.05, 0.1) is 121 Å². The molecule has 3 N–H and O–H groups in total. The number of carbonyl (C=O) groups is 14. The van der Waals surface area contributed by atoms with E-state index in [-0.39, 0.29) is 158 Å². The second-order valence-electron chi connectivity index (χ2n) is 36.0. The number of ketones is 6. The van der Waals surface area contributed by atoms with Crippen LogP contribution in [0.2, 0.25) is 0 Å². The molecule has 0 amide bonds. The first-order valence-electron chi connectivity index (χ1n) is 52.4. The molecule has 4 saturated heterocycles. The van der Waals surface area contributed by atoms with Crippen molar-refractivity contribution >= 4 is 82.8 Å². The van der Waals surface area contributed by atoms with Crippen molar-refractivity contribution in [3.8, 4) is 0 Å². The maximum Gasteiger partial charge on any atom is 0.306 e. The number of ether oxygens (including phenoxy) is 10. The number of hydrogen-bond donors (Lipinski definition) is 3. The van der Waals surface area contributed by atoms with E-state index in [2.05, 4.69) is 34.3 Å². The van der Waals surface area contributed by atoms with E-state index >= 15 is 0 Å². The lowest BCUT2D eigenvalue weighted by molar-refractivity contribution is -0.144. The number of rotatable bonds is 67. The zero-order chi connectivity index (χ0) is 104. The summed E-state index contributed by atoms with van der Waals surface area (Å²) in [7, 11) is 1.46. The minimum atomic E-state index is -0.463. The number of aryl methyl sites for hydroxylation is 2. The van der Waals surface area contributed by atoms with E-state index in [0.29, 0.717) is 141 Å². The first-order valence-corrected chi connectivity index (χ1v) is 52.4. The summed E-state index contributed by atoms with van der Waals surface area (Å²) in [5.74, 6) is 0.987. The van der Waals surface area contributed by atoms with Gasteiger partial charge >= 0.3 is 41.8 Å². The highest BCUT2D eigenvalue weighted by molar-refractivity contribution is 5.86. The molecule has 4 aliphatic rings. The summed E-state index contributed by atoms with van der Waals surface area (Å²) in [5.41, 5.74) is 0. The quantitative estimate of drug-likeness (QED) is 0.0182. The molecule has 4 aliphatic heterocycles. The predicted molar refractivity (Wildman–Crippen MR) is 534 cm³/mol. The smallest absolute Gasteiger partial charge is 0.306 e. The van der Waals surface area contributed by atoms with Crippen LogP contribution in [-0.4, -0.2) is 199 Å². The second kappa shape index (κ2) is 94.0. The van der Waals surface area contributed by atoms with Crippen LogP contribution in [0.3, 0.4) is 0 Å². The Kier molecular flexibility index (Phi) is 91.4. The average molecular weight is 1960 g/mol. The molecule has 796 valence electrons. The molecule has 6 heterocycles. The SMILES string of the molecule is C=CC(C)=O.CC(O)CCC1CCC(CCC2CCC(=O)O2)O1.CCCCCCCCCCCCCC(=O)OC.CCCCCCCCCCCCCC(=O)OCC.CCOC(=O)CCC(=O)CCC1CCC(CCC(C)=O)O1.CCOC(=O)CCC(=O)CCc1ccc(CCC(C)=O)o1.CCOC(=O)CCC(C)=O.CCOC(=O)CCC(O)CCC1CCC(CCC(C)O)O1.O=Cc1ccco1. The minimum Gasteiger partial charge on any atom is -0.469 e. The number of aliphatic hydroxyl groups is 3. The average Bonchev–Trinajstić information content (AvgIpc) is 1.76. The Balaban J connectivity index is -0.00000152. The molecule has 6 rings (SSSR count). The molecule has 10 atom stereocenters. The van der Waals surface area contributed by atoms with Crippen molar-refractivity contribution in [2.75, 3.05) is 40.1 Å². The Bertz CT molecular complexity index is 3430. The first-order chi connectivity index (χ1) is 66.1. The second-order valence-corrected chi connectivity index (χ2v) is 36.0. The Morgan fingerprint density at radius 3 is 1.07 bits per heavy atom. The van der Waals surface area contributed by atoms with E-state index < -0.39 is 6.10 Å². The van der Waals surface area contributed by atoms with Gasteiger partial charge in [0.15, 0.2) is 17.8 Å². The topological polar surface area (TPSA) is 418 Å². The van der Waals surface area contributed by atoms with Crippen LogP contribution < -0.4 is 0 Å². The van der Waals surface area contributed by atoms with E-state index in [4.69, 9.17) is 42.3 Å². The van der Waals surface area contributed by atoms with Gasteiger partial charge in [-0.15, -0.1) is 0 Å². The molecule has 0 aliphatic carbocycles. The summed E-state index contributed by atoms with van der Waals surface area (Å²) in [6, 6.07) is 6.94. The van der Waals surface area contributed by atoms with Crippen LogP contribution in [0.4, 0.5) is 0 Å². The van der Waals surface area contributed by atoms with Gasteiger partial charge in [-0.25, -0.2) is 0 Å². The zero-order valence-electron chi connectivity index (χ0n) is 87.6. The molecular formula is C109H186O29. The Morgan fingerprint density at radius 1 is 0.384 bits per heavy atom. The van der Waals surface area contributed by atoms with E-state index in [1.165, 1.54) is 162 Å². The van der Waals surface area contributed by atoms with Crippen LogP contribution in [-0.2, 0) is 123 Å². The number of aliphatic hydroxyl groups excluding tert-OH is 3. The van der Waals surface area contributed by atoms with Gasteiger partial charge in [-0.2, -0.15) is 0 Å². The summed E-state index contributed by atoms with van der Waals surface area (Å²) in [4.78, 5) is 152. The van der Waals surface area contributed by atoms with Crippen molar-refractivity contribution in [3.05, 3.63) is 60.5 Å². The van der Waals surface area contributed by atoms with E-state index in [1.807, 2.05) is 26.0 Å². The lowest BCUT2D eigenvalue weighted by Crippen LogP contribution is -2.17. The zero-order valence-corrected chi connectivity index (χ0v) is 87.6. The third kappa shape index (κ3) is 90.6. The van der Waals surface area contributed by atoms with Crippen LogP contribution in [0.25, 0.3) is 0 Å². The van der Waals surface area contributed by atoms with Crippen molar-refractivity contribution < 1.29 is 139 Å². The van der Waals surface area contributed by atoms with Crippen LogP contribution in [0.15, 0.2) is 52.0 Å². The fraction of sp³-hybridized carbons (Fsp3) is 0.780. The largest absolute Gasteiger partial charge is 0.469 e. The third-order valence-corrected chi connectivity index (χ3v) is 22.9. The van der Waals surface area contributed by atoms with E-state index in [0.717, 1.165) is 121 Å². The molecule has 4 fully saturated rings. The summed E-state index contributed by atoms with van der Waals surface area (Å²) < 4.78 is 61.5. The highest BCUT2D eigenvalue weighted by Gasteiger charge is 2.31. The van der Waals surface area contributed by atoms with Gasteiger partial charge < -0.3 is 85.9 Å². The Morgan fingerprint density at radius 2 is 0.725 bits per heavy atom. The summed E-state index contributed by atoms with van der Waals surface area (Å²) in [6.07, 6.45) is 55.0. The maximum atomic E-state index is 11.7. The van der Waals surface area contributed by atoms with Crippen molar-refractivity contribution in [1.29, 1.82) is 0 Å². The van der Waals surface area contributed by atoms with Crippen LogP contribution >= 0.6 is 0 Å². The minimum absolute atomic E-state index is 0.0183. The highest BCUT2D eigenvalue weighted by atomic mass is 16.6. The first kappa shape index (κ1) is 134. The highest BCUT2D eigenvalue weighted by Crippen LogP contribution is 2.31. The lowest BCUT2D eigenvalue weighted by atomic mass is 10.0.